The molecule has 19 heavy (non-hydrogen) atoms. The zero-order chi connectivity index (χ0) is 14.1. The molecule has 1 aromatic carbocycles. The molecular formula is C17H25ClO. The maximum atomic E-state index is 6.57. The standard InChI is InChI=1S/C17H25ClO/c1-16(2,3)14-8-6-13(7-9-14)15(18)12-17(19-4)10-5-11-17/h6-9,15H,5,10-12H2,1-4H3. The zero-order valence-corrected chi connectivity index (χ0v) is 13.3. The fourth-order valence-corrected chi connectivity index (χ4v) is 3.13. The first kappa shape index (κ1) is 14.9. The predicted octanol–water partition coefficient (Wildman–Crippen LogP) is 5.22. The lowest BCUT2D eigenvalue weighted by Crippen LogP contribution is -2.39. The van der Waals surface area contributed by atoms with E-state index >= 15 is 0 Å². The molecule has 1 fully saturated rings. The van der Waals surface area contributed by atoms with E-state index in [0.29, 0.717) is 0 Å². The molecule has 1 unspecified atom stereocenters. The maximum absolute atomic E-state index is 6.57. The van der Waals surface area contributed by atoms with Gasteiger partial charge in [-0.2, -0.15) is 0 Å². The highest BCUT2D eigenvalue weighted by Crippen LogP contribution is 2.44. The molecule has 1 saturated carbocycles. The van der Waals surface area contributed by atoms with E-state index in [1.165, 1.54) is 17.5 Å². The Balaban J connectivity index is 2.05. The van der Waals surface area contributed by atoms with Crippen molar-refractivity contribution in [2.24, 2.45) is 0 Å². The van der Waals surface area contributed by atoms with Gasteiger partial charge in [-0.15, -0.1) is 11.6 Å². The Kier molecular flexibility index (Phi) is 4.27. The van der Waals surface area contributed by atoms with Gasteiger partial charge in [-0.1, -0.05) is 45.0 Å². The summed E-state index contributed by atoms with van der Waals surface area (Å²) in [5, 5.41) is 0.0502. The van der Waals surface area contributed by atoms with Gasteiger partial charge < -0.3 is 4.74 Å². The van der Waals surface area contributed by atoms with Gasteiger partial charge in [0.15, 0.2) is 0 Å². The normalized spacial score (nSPS) is 19.8. The van der Waals surface area contributed by atoms with Crippen molar-refractivity contribution in [2.45, 2.75) is 62.8 Å². The van der Waals surface area contributed by atoms with Gasteiger partial charge >= 0.3 is 0 Å². The third-order valence-corrected chi connectivity index (χ3v) is 4.79. The second-order valence-corrected chi connectivity index (χ2v) is 7.31. The predicted molar refractivity (Wildman–Crippen MR) is 81.9 cm³/mol. The molecule has 0 amide bonds. The van der Waals surface area contributed by atoms with Crippen molar-refractivity contribution in [2.75, 3.05) is 7.11 Å². The average molecular weight is 281 g/mol. The molecule has 0 aromatic heterocycles. The summed E-state index contributed by atoms with van der Waals surface area (Å²) in [7, 11) is 1.81. The monoisotopic (exact) mass is 280 g/mol. The number of hydrogen-bond donors (Lipinski definition) is 0. The minimum atomic E-state index is 0.0368. The molecule has 0 heterocycles. The Hall–Kier alpha value is -0.530. The molecule has 0 saturated heterocycles. The second kappa shape index (κ2) is 5.46. The summed E-state index contributed by atoms with van der Waals surface area (Å²) in [6.45, 7) is 6.69. The van der Waals surface area contributed by atoms with Crippen LogP contribution in [-0.2, 0) is 10.2 Å². The third kappa shape index (κ3) is 3.32. The first-order chi connectivity index (χ1) is 8.86. The Bertz CT molecular complexity index is 406. The quantitative estimate of drug-likeness (QED) is 0.687. The van der Waals surface area contributed by atoms with Gasteiger partial charge in [0.2, 0.25) is 0 Å². The molecule has 0 N–H and O–H groups in total. The van der Waals surface area contributed by atoms with E-state index in [1.54, 1.807) is 0 Å². The van der Waals surface area contributed by atoms with Gasteiger partial charge in [0.05, 0.1) is 11.0 Å². The summed E-state index contributed by atoms with van der Waals surface area (Å²) in [6.07, 6.45) is 4.47. The van der Waals surface area contributed by atoms with Gasteiger partial charge in [-0.3, -0.25) is 0 Å². The summed E-state index contributed by atoms with van der Waals surface area (Å²) < 4.78 is 5.66. The smallest absolute Gasteiger partial charge is 0.0696 e. The van der Waals surface area contributed by atoms with E-state index in [-0.39, 0.29) is 16.4 Å². The van der Waals surface area contributed by atoms with Crippen LogP contribution in [0.5, 0.6) is 0 Å². The summed E-state index contributed by atoms with van der Waals surface area (Å²) in [5.41, 5.74) is 2.79. The zero-order valence-electron chi connectivity index (χ0n) is 12.5. The van der Waals surface area contributed by atoms with Crippen molar-refractivity contribution in [3.63, 3.8) is 0 Å². The Labute approximate surface area is 122 Å². The molecular weight excluding hydrogens is 256 g/mol. The Morgan fingerprint density at radius 2 is 1.79 bits per heavy atom. The average Bonchev–Trinajstić information content (AvgIpc) is 2.32. The number of halogens is 1. The van der Waals surface area contributed by atoms with E-state index in [9.17, 15) is 0 Å². The van der Waals surface area contributed by atoms with Gasteiger partial charge in [-0.05, 0) is 42.2 Å². The lowest BCUT2D eigenvalue weighted by Gasteiger charge is -2.41. The third-order valence-electron chi connectivity index (χ3n) is 4.39. The van der Waals surface area contributed by atoms with Crippen LogP contribution in [-0.4, -0.2) is 12.7 Å². The summed E-state index contributed by atoms with van der Waals surface area (Å²) in [4.78, 5) is 0. The van der Waals surface area contributed by atoms with Crippen LogP contribution >= 0.6 is 11.6 Å². The highest BCUT2D eigenvalue weighted by Gasteiger charge is 2.38. The lowest BCUT2D eigenvalue weighted by atomic mass is 9.76. The molecule has 0 bridgehead atoms. The van der Waals surface area contributed by atoms with Crippen molar-refractivity contribution < 1.29 is 4.74 Å². The molecule has 0 radical (unpaired) electrons. The van der Waals surface area contributed by atoms with Crippen LogP contribution in [0.15, 0.2) is 24.3 Å². The molecule has 1 aliphatic rings. The minimum absolute atomic E-state index is 0.0368. The molecule has 1 nitrogen and oxygen atoms in total. The van der Waals surface area contributed by atoms with Gasteiger partial charge in [0, 0.05) is 7.11 Å². The van der Waals surface area contributed by atoms with Crippen molar-refractivity contribution in [1.29, 1.82) is 0 Å². The first-order valence-corrected chi connectivity index (χ1v) is 7.60. The molecule has 1 aliphatic carbocycles. The van der Waals surface area contributed by atoms with Gasteiger partial charge in [-0.25, -0.2) is 0 Å². The molecule has 2 rings (SSSR count). The van der Waals surface area contributed by atoms with Crippen LogP contribution in [0, 0.1) is 0 Å². The highest BCUT2D eigenvalue weighted by atomic mass is 35.5. The highest BCUT2D eigenvalue weighted by molar-refractivity contribution is 6.20. The topological polar surface area (TPSA) is 9.23 Å². The number of benzene rings is 1. The van der Waals surface area contributed by atoms with Crippen molar-refractivity contribution in [1.82, 2.24) is 0 Å². The molecule has 0 spiro atoms. The van der Waals surface area contributed by atoms with E-state index in [0.717, 1.165) is 19.3 Å². The molecule has 1 atom stereocenters. The van der Waals surface area contributed by atoms with Gasteiger partial charge in [0.1, 0.15) is 0 Å². The molecule has 0 aliphatic heterocycles. The van der Waals surface area contributed by atoms with E-state index < -0.39 is 0 Å². The van der Waals surface area contributed by atoms with Crippen molar-refractivity contribution >= 4 is 11.6 Å². The maximum Gasteiger partial charge on any atom is 0.0696 e. The molecule has 2 heteroatoms. The Morgan fingerprint density at radius 1 is 1.21 bits per heavy atom. The number of methoxy groups -OCH3 is 1. The summed E-state index contributed by atoms with van der Waals surface area (Å²) in [5.74, 6) is 0. The number of alkyl halides is 1. The summed E-state index contributed by atoms with van der Waals surface area (Å²) in [6, 6.07) is 8.73. The van der Waals surface area contributed by atoms with E-state index in [4.69, 9.17) is 16.3 Å². The van der Waals surface area contributed by atoms with Crippen LogP contribution in [0.25, 0.3) is 0 Å². The fraction of sp³-hybridized carbons (Fsp3) is 0.647. The largest absolute Gasteiger partial charge is 0.378 e. The van der Waals surface area contributed by atoms with Crippen LogP contribution < -0.4 is 0 Å². The van der Waals surface area contributed by atoms with E-state index in [2.05, 4.69) is 45.0 Å². The molecule has 1 aromatic rings. The van der Waals surface area contributed by atoms with Crippen LogP contribution in [0.2, 0.25) is 0 Å². The van der Waals surface area contributed by atoms with Crippen LogP contribution in [0.3, 0.4) is 0 Å². The van der Waals surface area contributed by atoms with E-state index in [1.807, 2.05) is 7.11 Å². The number of rotatable bonds is 4. The Morgan fingerprint density at radius 3 is 2.16 bits per heavy atom. The van der Waals surface area contributed by atoms with Gasteiger partial charge in [0.25, 0.3) is 0 Å². The summed E-state index contributed by atoms with van der Waals surface area (Å²) >= 11 is 6.57. The second-order valence-electron chi connectivity index (χ2n) is 6.78. The molecule has 106 valence electrons. The number of hydrogen-bond acceptors (Lipinski definition) is 1. The van der Waals surface area contributed by atoms with Crippen LogP contribution in [0.1, 0.15) is 63.0 Å². The number of ether oxygens (including phenoxy) is 1. The minimum Gasteiger partial charge on any atom is -0.378 e. The SMILES string of the molecule is COC1(CC(Cl)c2ccc(C(C)(C)C)cc2)CCC1. The van der Waals surface area contributed by atoms with Crippen molar-refractivity contribution in [3.8, 4) is 0 Å². The fourth-order valence-electron chi connectivity index (χ4n) is 2.70. The van der Waals surface area contributed by atoms with Crippen molar-refractivity contribution in [3.05, 3.63) is 35.4 Å². The van der Waals surface area contributed by atoms with Crippen LogP contribution in [0.4, 0.5) is 0 Å². The first-order valence-electron chi connectivity index (χ1n) is 7.16. The lowest BCUT2D eigenvalue weighted by molar-refractivity contribution is -0.0780.